The zero-order chi connectivity index (χ0) is 13.5. The van der Waals surface area contributed by atoms with Crippen LogP contribution in [0.5, 0.6) is 5.75 Å². The third-order valence-electron chi connectivity index (χ3n) is 2.82. The molecule has 2 rings (SSSR count). The second-order valence-corrected chi connectivity index (χ2v) is 4.20. The van der Waals surface area contributed by atoms with Crippen LogP contribution in [0, 0.1) is 18.8 Å². The van der Waals surface area contributed by atoms with Gasteiger partial charge in [0.05, 0.1) is 0 Å². The van der Waals surface area contributed by atoms with Crippen molar-refractivity contribution in [3.8, 4) is 17.6 Å². The first-order valence-electron chi connectivity index (χ1n) is 6.16. The van der Waals surface area contributed by atoms with Gasteiger partial charge < -0.3 is 9.84 Å². The van der Waals surface area contributed by atoms with E-state index in [2.05, 4.69) is 30.9 Å². The summed E-state index contributed by atoms with van der Waals surface area (Å²) >= 11 is 0. The average Bonchev–Trinajstić information content (AvgIpc) is 2.45. The van der Waals surface area contributed by atoms with Crippen molar-refractivity contribution in [2.75, 3.05) is 6.61 Å². The van der Waals surface area contributed by atoms with Crippen molar-refractivity contribution in [1.29, 1.82) is 0 Å². The minimum absolute atomic E-state index is 0.120. The number of hydrogen-bond acceptors (Lipinski definition) is 2. The molecule has 2 aromatic rings. The maximum Gasteiger partial charge on any atom is 0.119 e. The predicted octanol–water partition coefficient (Wildman–Crippen LogP) is 2.92. The molecule has 0 fully saturated rings. The van der Waals surface area contributed by atoms with Gasteiger partial charge in [0.1, 0.15) is 19.0 Å². The lowest BCUT2D eigenvalue weighted by Gasteiger charge is -2.08. The SMILES string of the molecule is Cc1ccccc1COc1ccc(C#CCO)cc1. The molecule has 0 aromatic heterocycles. The van der Waals surface area contributed by atoms with Crippen LogP contribution in [0.2, 0.25) is 0 Å². The average molecular weight is 252 g/mol. The van der Waals surface area contributed by atoms with Gasteiger partial charge in [-0.25, -0.2) is 0 Å². The molecule has 0 radical (unpaired) electrons. The lowest BCUT2D eigenvalue weighted by Crippen LogP contribution is -1.97. The first-order valence-corrected chi connectivity index (χ1v) is 6.16. The summed E-state index contributed by atoms with van der Waals surface area (Å²) in [5.74, 6) is 6.28. The molecule has 0 heterocycles. The van der Waals surface area contributed by atoms with Crippen molar-refractivity contribution < 1.29 is 9.84 Å². The van der Waals surface area contributed by atoms with Crippen molar-refractivity contribution in [2.24, 2.45) is 0 Å². The minimum Gasteiger partial charge on any atom is -0.489 e. The van der Waals surface area contributed by atoms with Crippen LogP contribution in [0.25, 0.3) is 0 Å². The fraction of sp³-hybridized carbons (Fsp3) is 0.176. The van der Waals surface area contributed by atoms with Crippen molar-refractivity contribution in [3.05, 3.63) is 65.2 Å². The number of aliphatic hydroxyl groups excluding tert-OH is 1. The van der Waals surface area contributed by atoms with Crippen molar-refractivity contribution in [1.82, 2.24) is 0 Å². The lowest BCUT2D eigenvalue weighted by molar-refractivity contribution is 0.305. The molecule has 0 amide bonds. The summed E-state index contributed by atoms with van der Waals surface area (Å²) < 4.78 is 5.73. The van der Waals surface area contributed by atoms with E-state index in [-0.39, 0.29) is 6.61 Å². The van der Waals surface area contributed by atoms with Gasteiger partial charge in [0.25, 0.3) is 0 Å². The summed E-state index contributed by atoms with van der Waals surface area (Å²) in [7, 11) is 0. The summed E-state index contributed by atoms with van der Waals surface area (Å²) in [5.41, 5.74) is 3.29. The van der Waals surface area contributed by atoms with Gasteiger partial charge in [-0.15, -0.1) is 0 Å². The number of hydrogen-bond donors (Lipinski definition) is 1. The van der Waals surface area contributed by atoms with Crippen molar-refractivity contribution >= 4 is 0 Å². The normalized spacial score (nSPS) is 9.58. The van der Waals surface area contributed by atoms with Gasteiger partial charge >= 0.3 is 0 Å². The van der Waals surface area contributed by atoms with Crippen molar-refractivity contribution in [2.45, 2.75) is 13.5 Å². The van der Waals surface area contributed by atoms with E-state index < -0.39 is 0 Å². The highest BCUT2D eigenvalue weighted by molar-refractivity contribution is 5.38. The maximum absolute atomic E-state index is 8.62. The van der Waals surface area contributed by atoms with Crippen molar-refractivity contribution in [3.63, 3.8) is 0 Å². The predicted molar refractivity (Wildman–Crippen MR) is 75.9 cm³/mol. The molecule has 0 saturated heterocycles. The van der Waals surface area contributed by atoms with E-state index in [9.17, 15) is 0 Å². The summed E-state index contributed by atoms with van der Waals surface area (Å²) in [6.07, 6.45) is 0. The van der Waals surface area contributed by atoms with E-state index >= 15 is 0 Å². The highest BCUT2D eigenvalue weighted by Gasteiger charge is 1.98. The standard InChI is InChI=1S/C17H16O2/c1-14-5-2-3-7-16(14)13-19-17-10-8-15(9-11-17)6-4-12-18/h2-3,5,7-11,18H,12-13H2,1H3. The number of benzene rings is 2. The zero-order valence-corrected chi connectivity index (χ0v) is 10.9. The molecular weight excluding hydrogens is 236 g/mol. The Balaban J connectivity index is 1.99. The Kier molecular flexibility index (Phi) is 4.60. The number of aliphatic hydroxyl groups is 1. The number of aryl methyl sites for hydroxylation is 1. The van der Waals surface area contributed by atoms with Crippen LogP contribution in [-0.2, 0) is 6.61 Å². The second kappa shape index (κ2) is 6.63. The third-order valence-corrected chi connectivity index (χ3v) is 2.82. The van der Waals surface area contributed by atoms with E-state index in [0.29, 0.717) is 6.61 Å². The molecule has 2 nitrogen and oxygen atoms in total. The zero-order valence-electron chi connectivity index (χ0n) is 10.9. The molecule has 19 heavy (non-hydrogen) atoms. The maximum atomic E-state index is 8.62. The molecule has 1 N–H and O–H groups in total. The Hall–Kier alpha value is -2.24. The topological polar surface area (TPSA) is 29.5 Å². The van der Waals surface area contributed by atoms with Gasteiger partial charge in [0.2, 0.25) is 0 Å². The molecule has 96 valence electrons. The van der Waals surface area contributed by atoms with Crippen LogP contribution in [0.1, 0.15) is 16.7 Å². The molecule has 0 aliphatic heterocycles. The van der Waals surface area contributed by atoms with Crippen LogP contribution in [0.4, 0.5) is 0 Å². The van der Waals surface area contributed by atoms with E-state index in [0.717, 1.165) is 11.3 Å². The first-order chi connectivity index (χ1) is 9.29. The fourth-order valence-corrected chi connectivity index (χ4v) is 1.71. The minimum atomic E-state index is -0.120. The van der Waals surface area contributed by atoms with E-state index in [1.165, 1.54) is 11.1 Å². The molecule has 0 aliphatic carbocycles. The Morgan fingerprint density at radius 1 is 1.05 bits per heavy atom. The van der Waals surface area contributed by atoms with Crippen LogP contribution in [-0.4, -0.2) is 11.7 Å². The summed E-state index contributed by atoms with van der Waals surface area (Å²) in [6.45, 7) is 2.52. The molecule has 0 spiro atoms. The van der Waals surface area contributed by atoms with E-state index in [4.69, 9.17) is 9.84 Å². The van der Waals surface area contributed by atoms with Gasteiger partial charge in [-0.1, -0.05) is 36.1 Å². The summed E-state index contributed by atoms with van der Waals surface area (Å²) in [4.78, 5) is 0. The number of rotatable bonds is 3. The lowest BCUT2D eigenvalue weighted by atomic mass is 10.1. The highest BCUT2D eigenvalue weighted by Crippen LogP contribution is 2.15. The van der Waals surface area contributed by atoms with E-state index in [1.807, 2.05) is 36.4 Å². The van der Waals surface area contributed by atoms with Gasteiger partial charge in [0.15, 0.2) is 0 Å². The highest BCUT2D eigenvalue weighted by atomic mass is 16.5. The summed E-state index contributed by atoms with van der Waals surface area (Å²) in [5, 5.41) is 8.62. The second-order valence-electron chi connectivity index (χ2n) is 4.20. The molecule has 0 bridgehead atoms. The molecular formula is C17H16O2. The Labute approximate surface area is 113 Å². The molecule has 0 atom stereocenters. The third kappa shape index (κ3) is 3.87. The van der Waals surface area contributed by atoms with E-state index in [1.54, 1.807) is 0 Å². The van der Waals surface area contributed by atoms with Crippen LogP contribution >= 0.6 is 0 Å². The quantitative estimate of drug-likeness (QED) is 0.851. The number of ether oxygens (including phenoxy) is 1. The summed E-state index contributed by atoms with van der Waals surface area (Å²) in [6, 6.07) is 15.7. The molecule has 0 unspecified atom stereocenters. The molecule has 2 heteroatoms. The first kappa shape index (κ1) is 13.2. The Bertz CT molecular complexity index is 589. The van der Waals surface area contributed by atoms with Crippen LogP contribution in [0.15, 0.2) is 48.5 Å². The fourth-order valence-electron chi connectivity index (χ4n) is 1.71. The Morgan fingerprint density at radius 3 is 2.47 bits per heavy atom. The van der Waals surface area contributed by atoms with Gasteiger partial charge in [-0.05, 0) is 42.3 Å². The van der Waals surface area contributed by atoms with Gasteiger partial charge in [-0.3, -0.25) is 0 Å². The molecule has 0 aliphatic rings. The van der Waals surface area contributed by atoms with Gasteiger partial charge in [-0.2, -0.15) is 0 Å². The largest absolute Gasteiger partial charge is 0.489 e. The van der Waals surface area contributed by atoms with Crippen LogP contribution in [0.3, 0.4) is 0 Å². The Morgan fingerprint density at radius 2 is 1.79 bits per heavy atom. The molecule has 2 aromatic carbocycles. The van der Waals surface area contributed by atoms with Crippen LogP contribution < -0.4 is 4.74 Å². The van der Waals surface area contributed by atoms with Gasteiger partial charge in [0, 0.05) is 5.56 Å². The smallest absolute Gasteiger partial charge is 0.119 e. The molecule has 0 saturated carbocycles. The monoisotopic (exact) mass is 252 g/mol.